The number of carbonyl (C=O) groups is 2. The molecule has 1 saturated carbocycles. The Morgan fingerprint density at radius 3 is 2.86 bits per heavy atom. The maximum atomic E-state index is 11.7. The molecule has 0 bridgehead atoms. The Morgan fingerprint density at radius 2 is 2.23 bits per heavy atom. The standard InChI is InChI=1S/C14H21N5O2S/c1-3-7-15-13(21)16-11(20)9-22-14-18-17-12(10-5-6-10)19(14)8-4-2/h4,10H,2-3,5-9H2,1H3,(H2,15,16,20,21). The number of amides is 3. The van der Waals surface area contributed by atoms with Crippen molar-refractivity contribution in [2.45, 2.75) is 43.8 Å². The predicted octanol–water partition coefficient (Wildman–Crippen LogP) is 1.67. The molecule has 1 aliphatic rings. The molecule has 1 aliphatic carbocycles. The molecule has 22 heavy (non-hydrogen) atoms. The van der Waals surface area contributed by atoms with E-state index >= 15 is 0 Å². The summed E-state index contributed by atoms with van der Waals surface area (Å²) in [7, 11) is 0. The van der Waals surface area contributed by atoms with Crippen LogP contribution in [0.3, 0.4) is 0 Å². The molecule has 0 aromatic carbocycles. The van der Waals surface area contributed by atoms with Gasteiger partial charge in [-0.05, 0) is 19.3 Å². The van der Waals surface area contributed by atoms with Gasteiger partial charge in [0.05, 0.1) is 5.75 Å². The van der Waals surface area contributed by atoms with Crippen molar-refractivity contribution in [1.82, 2.24) is 25.4 Å². The Morgan fingerprint density at radius 1 is 1.45 bits per heavy atom. The number of aromatic nitrogens is 3. The predicted molar refractivity (Wildman–Crippen MR) is 84.8 cm³/mol. The van der Waals surface area contributed by atoms with Crippen LogP contribution in [0.25, 0.3) is 0 Å². The number of allylic oxidation sites excluding steroid dienone is 1. The lowest BCUT2D eigenvalue weighted by Gasteiger charge is -2.07. The molecule has 1 aromatic heterocycles. The van der Waals surface area contributed by atoms with Gasteiger partial charge in [0.25, 0.3) is 0 Å². The van der Waals surface area contributed by atoms with Gasteiger partial charge in [-0.15, -0.1) is 16.8 Å². The summed E-state index contributed by atoms with van der Waals surface area (Å²) >= 11 is 1.28. The van der Waals surface area contributed by atoms with Crippen molar-refractivity contribution in [3.63, 3.8) is 0 Å². The maximum Gasteiger partial charge on any atom is 0.321 e. The zero-order valence-electron chi connectivity index (χ0n) is 12.7. The van der Waals surface area contributed by atoms with Crippen LogP contribution in [0.4, 0.5) is 4.79 Å². The van der Waals surface area contributed by atoms with Gasteiger partial charge in [0, 0.05) is 19.0 Å². The fourth-order valence-corrected chi connectivity index (χ4v) is 2.68. The van der Waals surface area contributed by atoms with E-state index in [0.717, 1.165) is 25.1 Å². The SMILES string of the molecule is C=CCn1c(SCC(=O)NC(=O)NCCC)nnc1C1CC1. The number of carbonyl (C=O) groups excluding carboxylic acids is 2. The number of thioether (sulfide) groups is 1. The summed E-state index contributed by atoms with van der Waals surface area (Å²) in [6.45, 7) is 6.86. The fourth-order valence-electron chi connectivity index (χ4n) is 1.93. The molecule has 1 heterocycles. The molecular formula is C14H21N5O2S. The van der Waals surface area contributed by atoms with Crippen molar-refractivity contribution >= 4 is 23.7 Å². The van der Waals surface area contributed by atoms with E-state index in [0.29, 0.717) is 24.2 Å². The third-order valence-electron chi connectivity index (χ3n) is 3.12. The fraction of sp³-hybridized carbons (Fsp3) is 0.571. The first-order valence-electron chi connectivity index (χ1n) is 7.40. The summed E-state index contributed by atoms with van der Waals surface area (Å²) in [5.74, 6) is 1.22. The molecule has 1 aromatic rings. The molecule has 0 radical (unpaired) electrons. The van der Waals surface area contributed by atoms with Gasteiger partial charge in [-0.3, -0.25) is 10.1 Å². The Labute approximate surface area is 133 Å². The Hall–Kier alpha value is -1.83. The largest absolute Gasteiger partial charge is 0.338 e. The second-order valence-corrected chi connectivity index (χ2v) is 6.05. The van der Waals surface area contributed by atoms with Crippen molar-refractivity contribution in [2.75, 3.05) is 12.3 Å². The van der Waals surface area contributed by atoms with Gasteiger partial charge >= 0.3 is 6.03 Å². The zero-order valence-corrected chi connectivity index (χ0v) is 13.5. The van der Waals surface area contributed by atoms with Crippen molar-refractivity contribution in [3.05, 3.63) is 18.5 Å². The lowest BCUT2D eigenvalue weighted by Crippen LogP contribution is -2.40. The van der Waals surface area contributed by atoms with Crippen LogP contribution in [0.5, 0.6) is 0 Å². The van der Waals surface area contributed by atoms with Crippen LogP contribution in [0.15, 0.2) is 17.8 Å². The van der Waals surface area contributed by atoms with Crippen LogP contribution >= 0.6 is 11.8 Å². The van der Waals surface area contributed by atoms with Crippen LogP contribution in [-0.2, 0) is 11.3 Å². The molecule has 3 amide bonds. The molecule has 2 N–H and O–H groups in total. The van der Waals surface area contributed by atoms with Gasteiger partial charge in [0.15, 0.2) is 5.16 Å². The summed E-state index contributed by atoms with van der Waals surface area (Å²) in [6.07, 6.45) is 4.89. The van der Waals surface area contributed by atoms with E-state index in [9.17, 15) is 9.59 Å². The summed E-state index contributed by atoms with van der Waals surface area (Å²) in [4.78, 5) is 23.1. The quantitative estimate of drug-likeness (QED) is 0.561. The van der Waals surface area contributed by atoms with Crippen LogP contribution in [0.1, 0.15) is 37.9 Å². The number of hydrogen-bond donors (Lipinski definition) is 2. The average molecular weight is 323 g/mol. The van der Waals surface area contributed by atoms with Crippen molar-refractivity contribution < 1.29 is 9.59 Å². The number of nitrogens with zero attached hydrogens (tertiary/aromatic N) is 3. The van der Waals surface area contributed by atoms with E-state index in [-0.39, 0.29) is 11.7 Å². The van der Waals surface area contributed by atoms with Crippen LogP contribution < -0.4 is 10.6 Å². The van der Waals surface area contributed by atoms with E-state index in [1.54, 1.807) is 6.08 Å². The van der Waals surface area contributed by atoms with Crippen molar-refractivity contribution in [2.24, 2.45) is 0 Å². The number of imide groups is 1. The van der Waals surface area contributed by atoms with E-state index in [2.05, 4.69) is 27.4 Å². The minimum Gasteiger partial charge on any atom is -0.338 e. The first kappa shape index (κ1) is 16.5. The van der Waals surface area contributed by atoms with Gasteiger partial charge in [0.1, 0.15) is 5.82 Å². The first-order valence-corrected chi connectivity index (χ1v) is 8.38. The Balaban J connectivity index is 1.86. The highest BCUT2D eigenvalue weighted by Crippen LogP contribution is 2.39. The lowest BCUT2D eigenvalue weighted by atomic mass is 10.4. The van der Waals surface area contributed by atoms with Crippen LogP contribution in [0.2, 0.25) is 0 Å². The topological polar surface area (TPSA) is 88.9 Å². The molecule has 0 aliphatic heterocycles. The number of rotatable bonds is 8. The normalized spacial score (nSPS) is 13.7. The number of urea groups is 1. The highest BCUT2D eigenvalue weighted by molar-refractivity contribution is 7.99. The molecular weight excluding hydrogens is 302 g/mol. The molecule has 0 atom stereocenters. The summed E-state index contributed by atoms with van der Waals surface area (Å²) in [5.41, 5.74) is 0. The second kappa shape index (κ2) is 7.98. The Kier molecular flexibility index (Phi) is 6.00. The smallest absolute Gasteiger partial charge is 0.321 e. The minimum atomic E-state index is -0.460. The van der Waals surface area contributed by atoms with E-state index in [4.69, 9.17) is 0 Å². The van der Waals surface area contributed by atoms with E-state index < -0.39 is 6.03 Å². The monoisotopic (exact) mass is 323 g/mol. The maximum absolute atomic E-state index is 11.7. The van der Waals surface area contributed by atoms with E-state index in [1.165, 1.54) is 11.8 Å². The van der Waals surface area contributed by atoms with Gasteiger partial charge < -0.3 is 9.88 Å². The lowest BCUT2D eigenvalue weighted by molar-refractivity contribution is -0.117. The highest BCUT2D eigenvalue weighted by atomic mass is 32.2. The summed E-state index contributed by atoms with van der Waals surface area (Å²) in [5, 5.41) is 13.9. The van der Waals surface area contributed by atoms with Gasteiger partial charge in [-0.25, -0.2) is 4.79 Å². The van der Waals surface area contributed by atoms with Gasteiger partial charge in [-0.2, -0.15) is 0 Å². The summed E-state index contributed by atoms with van der Waals surface area (Å²) < 4.78 is 1.99. The summed E-state index contributed by atoms with van der Waals surface area (Å²) in [6, 6.07) is -0.460. The van der Waals surface area contributed by atoms with Gasteiger partial charge in [0.2, 0.25) is 5.91 Å². The highest BCUT2D eigenvalue weighted by Gasteiger charge is 2.30. The molecule has 2 rings (SSSR count). The third kappa shape index (κ3) is 4.59. The molecule has 0 unspecified atom stereocenters. The molecule has 7 nitrogen and oxygen atoms in total. The molecule has 0 saturated heterocycles. The molecule has 120 valence electrons. The third-order valence-corrected chi connectivity index (χ3v) is 4.09. The first-order chi connectivity index (χ1) is 10.7. The number of nitrogens with one attached hydrogen (secondary N) is 2. The Bertz CT molecular complexity index is 553. The second-order valence-electron chi connectivity index (χ2n) is 5.11. The van der Waals surface area contributed by atoms with Crippen molar-refractivity contribution in [3.8, 4) is 0 Å². The van der Waals surface area contributed by atoms with Gasteiger partial charge in [-0.1, -0.05) is 24.8 Å². The van der Waals surface area contributed by atoms with E-state index in [1.807, 2.05) is 11.5 Å². The molecule has 1 fully saturated rings. The van der Waals surface area contributed by atoms with Crippen molar-refractivity contribution in [1.29, 1.82) is 0 Å². The number of hydrogen-bond acceptors (Lipinski definition) is 5. The van der Waals surface area contributed by atoms with Crippen LogP contribution in [0, 0.1) is 0 Å². The molecule has 0 spiro atoms. The van der Waals surface area contributed by atoms with Crippen LogP contribution in [-0.4, -0.2) is 39.0 Å². The zero-order chi connectivity index (χ0) is 15.9. The molecule has 8 heteroatoms. The average Bonchev–Trinajstić information content (AvgIpc) is 3.26. The minimum absolute atomic E-state index is 0.124.